The monoisotopic (exact) mass is 285 g/mol. The van der Waals surface area contributed by atoms with Crippen LogP contribution in [0.5, 0.6) is 0 Å². The lowest BCUT2D eigenvalue weighted by atomic mass is 10.0. The maximum absolute atomic E-state index is 5.99. The highest BCUT2D eigenvalue weighted by Crippen LogP contribution is 2.30. The van der Waals surface area contributed by atoms with E-state index in [1.54, 1.807) is 0 Å². The average Bonchev–Trinajstić information content (AvgIpc) is 3.00. The lowest BCUT2D eigenvalue weighted by Crippen LogP contribution is -1.94. The molecule has 0 radical (unpaired) electrons. The third-order valence-corrected chi connectivity index (χ3v) is 3.80. The van der Waals surface area contributed by atoms with Crippen molar-refractivity contribution in [3.8, 4) is 11.3 Å². The molecule has 2 aromatic carbocycles. The molecule has 2 aromatic heterocycles. The van der Waals surface area contributed by atoms with Crippen LogP contribution < -0.4 is 0 Å². The number of hydrogen-bond donors (Lipinski definition) is 0. The molecule has 0 N–H and O–H groups in total. The molecule has 0 bridgehead atoms. The fourth-order valence-corrected chi connectivity index (χ4v) is 2.71. The molecule has 106 valence electrons. The van der Waals surface area contributed by atoms with Crippen LogP contribution in [0.4, 0.5) is 0 Å². The predicted octanol–water partition coefficient (Wildman–Crippen LogP) is 5.09. The van der Waals surface area contributed by atoms with E-state index in [1.165, 1.54) is 5.56 Å². The SMILES string of the molecule is c1ccc(Cc2ncccc2-c2cc3ccccc3o2)cc1. The first-order valence-corrected chi connectivity index (χ1v) is 7.37. The van der Waals surface area contributed by atoms with Crippen LogP contribution in [-0.2, 0) is 6.42 Å². The van der Waals surface area contributed by atoms with Gasteiger partial charge in [0.25, 0.3) is 0 Å². The van der Waals surface area contributed by atoms with Crippen molar-refractivity contribution in [1.29, 1.82) is 0 Å². The Hall–Kier alpha value is -2.87. The molecule has 0 aliphatic rings. The minimum Gasteiger partial charge on any atom is -0.456 e. The summed E-state index contributed by atoms with van der Waals surface area (Å²) in [6.45, 7) is 0. The second kappa shape index (κ2) is 5.49. The van der Waals surface area contributed by atoms with Gasteiger partial charge >= 0.3 is 0 Å². The molecule has 0 saturated carbocycles. The third-order valence-electron chi connectivity index (χ3n) is 3.80. The highest BCUT2D eigenvalue weighted by Gasteiger charge is 2.11. The van der Waals surface area contributed by atoms with E-state index < -0.39 is 0 Å². The fourth-order valence-electron chi connectivity index (χ4n) is 2.71. The smallest absolute Gasteiger partial charge is 0.137 e. The second-order valence-corrected chi connectivity index (χ2v) is 5.31. The van der Waals surface area contributed by atoms with Crippen LogP contribution in [0, 0.1) is 0 Å². The standard InChI is InChI=1S/C20H15NO/c1-2-7-15(8-3-1)13-18-17(10-6-12-21-18)20-14-16-9-4-5-11-19(16)22-20/h1-12,14H,13H2. The van der Waals surface area contributed by atoms with Gasteiger partial charge < -0.3 is 4.42 Å². The van der Waals surface area contributed by atoms with Crippen LogP contribution in [0.3, 0.4) is 0 Å². The number of furan rings is 1. The average molecular weight is 285 g/mol. The van der Waals surface area contributed by atoms with Crippen molar-refractivity contribution in [1.82, 2.24) is 4.98 Å². The van der Waals surface area contributed by atoms with Gasteiger partial charge in [0.15, 0.2) is 0 Å². The Morgan fingerprint density at radius 2 is 1.64 bits per heavy atom. The highest BCUT2D eigenvalue weighted by molar-refractivity contribution is 5.83. The molecular formula is C20H15NO. The Morgan fingerprint density at radius 1 is 0.818 bits per heavy atom. The van der Waals surface area contributed by atoms with E-state index in [-0.39, 0.29) is 0 Å². The summed E-state index contributed by atoms with van der Waals surface area (Å²) in [5.74, 6) is 0.875. The van der Waals surface area contributed by atoms with E-state index in [4.69, 9.17) is 4.42 Å². The van der Waals surface area contributed by atoms with Crippen LogP contribution in [0.1, 0.15) is 11.3 Å². The van der Waals surface area contributed by atoms with Crippen molar-refractivity contribution in [2.75, 3.05) is 0 Å². The lowest BCUT2D eigenvalue weighted by molar-refractivity contribution is 0.630. The summed E-state index contributed by atoms with van der Waals surface area (Å²) in [7, 11) is 0. The van der Waals surface area contributed by atoms with Crippen molar-refractivity contribution in [3.63, 3.8) is 0 Å². The summed E-state index contributed by atoms with van der Waals surface area (Å²) >= 11 is 0. The molecule has 0 fully saturated rings. The van der Waals surface area contributed by atoms with Crippen LogP contribution in [-0.4, -0.2) is 4.98 Å². The van der Waals surface area contributed by atoms with E-state index in [1.807, 2.05) is 36.5 Å². The number of rotatable bonds is 3. The first-order valence-electron chi connectivity index (χ1n) is 7.37. The number of nitrogens with zero attached hydrogens (tertiary/aromatic N) is 1. The molecule has 2 heteroatoms. The van der Waals surface area contributed by atoms with E-state index in [0.29, 0.717) is 0 Å². The summed E-state index contributed by atoms with van der Waals surface area (Å²) in [4.78, 5) is 4.56. The summed E-state index contributed by atoms with van der Waals surface area (Å²) in [5, 5.41) is 1.12. The Bertz CT molecular complexity index is 876. The molecule has 2 nitrogen and oxygen atoms in total. The number of benzene rings is 2. The van der Waals surface area contributed by atoms with Crippen LogP contribution in [0.25, 0.3) is 22.3 Å². The van der Waals surface area contributed by atoms with Gasteiger partial charge in [-0.2, -0.15) is 0 Å². The molecular weight excluding hydrogens is 270 g/mol. The Kier molecular flexibility index (Phi) is 3.20. The lowest BCUT2D eigenvalue weighted by Gasteiger charge is -2.06. The summed E-state index contributed by atoms with van der Waals surface area (Å²) in [5.41, 5.74) is 4.25. The largest absolute Gasteiger partial charge is 0.456 e. The zero-order valence-corrected chi connectivity index (χ0v) is 12.1. The summed E-state index contributed by atoms with van der Waals surface area (Å²) < 4.78 is 5.99. The molecule has 0 amide bonds. The van der Waals surface area contributed by atoms with Gasteiger partial charge in [-0.1, -0.05) is 48.5 Å². The van der Waals surface area contributed by atoms with E-state index in [9.17, 15) is 0 Å². The molecule has 0 aliphatic carbocycles. The first-order chi connectivity index (χ1) is 10.9. The molecule has 0 unspecified atom stereocenters. The Balaban J connectivity index is 1.78. The van der Waals surface area contributed by atoms with Gasteiger partial charge in [0.2, 0.25) is 0 Å². The van der Waals surface area contributed by atoms with Crippen molar-refractivity contribution >= 4 is 11.0 Å². The summed E-state index contributed by atoms with van der Waals surface area (Å²) in [6, 6.07) is 24.6. The summed E-state index contributed by atoms with van der Waals surface area (Å²) in [6.07, 6.45) is 2.64. The normalized spacial score (nSPS) is 10.9. The maximum Gasteiger partial charge on any atom is 0.137 e. The number of pyridine rings is 1. The number of para-hydroxylation sites is 1. The molecule has 22 heavy (non-hydrogen) atoms. The van der Waals surface area contributed by atoms with Crippen molar-refractivity contribution in [2.45, 2.75) is 6.42 Å². The molecule has 4 aromatic rings. The van der Waals surface area contributed by atoms with Crippen molar-refractivity contribution in [2.24, 2.45) is 0 Å². The van der Waals surface area contributed by atoms with Crippen LogP contribution in [0.15, 0.2) is 83.4 Å². The second-order valence-electron chi connectivity index (χ2n) is 5.31. The van der Waals surface area contributed by atoms with Gasteiger partial charge in [0, 0.05) is 23.6 Å². The van der Waals surface area contributed by atoms with Crippen LogP contribution in [0.2, 0.25) is 0 Å². The Morgan fingerprint density at radius 3 is 2.50 bits per heavy atom. The number of fused-ring (bicyclic) bond motifs is 1. The molecule has 0 saturated heterocycles. The third kappa shape index (κ3) is 2.40. The van der Waals surface area contributed by atoms with Crippen molar-refractivity contribution in [3.05, 3.63) is 90.3 Å². The van der Waals surface area contributed by atoms with Crippen molar-refractivity contribution < 1.29 is 4.42 Å². The van der Waals surface area contributed by atoms with E-state index in [0.717, 1.165) is 34.4 Å². The van der Waals surface area contributed by atoms with Gasteiger partial charge in [-0.05, 0) is 29.8 Å². The zero-order chi connectivity index (χ0) is 14.8. The topological polar surface area (TPSA) is 26.0 Å². The molecule has 0 spiro atoms. The zero-order valence-electron chi connectivity index (χ0n) is 12.1. The number of hydrogen-bond acceptors (Lipinski definition) is 2. The number of aromatic nitrogens is 1. The molecule has 0 atom stereocenters. The predicted molar refractivity (Wildman–Crippen MR) is 88.7 cm³/mol. The van der Waals surface area contributed by atoms with Gasteiger partial charge in [-0.25, -0.2) is 0 Å². The molecule has 2 heterocycles. The minimum absolute atomic E-state index is 0.800. The Labute approximate surface area is 129 Å². The molecule has 0 aliphatic heterocycles. The fraction of sp³-hybridized carbons (Fsp3) is 0.0500. The molecule has 4 rings (SSSR count). The quantitative estimate of drug-likeness (QED) is 0.524. The van der Waals surface area contributed by atoms with Gasteiger partial charge in [-0.3, -0.25) is 4.98 Å². The first kappa shape index (κ1) is 12.8. The van der Waals surface area contributed by atoms with E-state index in [2.05, 4.69) is 47.4 Å². The van der Waals surface area contributed by atoms with E-state index >= 15 is 0 Å². The van der Waals surface area contributed by atoms with Gasteiger partial charge in [0.05, 0.1) is 5.69 Å². The maximum atomic E-state index is 5.99. The van der Waals surface area contributed by atoms with Gasteiger partial charge in [-0.15, -0.1) is 0 Å². The highest BCUT2D eigenvalue weighted by atomic mass is 16.3. The van der Waals surface area contributed by atoms with Gasteiger partial charge in [0.1, 0.15) is 11.3 Å². The minimum atomic E-state index is 0.800. The van der Waals surface area contributed by atoms with Crippen LogP contribution >= 0.6 is 0 Å².